The molecule has 0 aliphatic carbocycles. The predicted octanol–water partition coefficient (Wildman–Crippen LogP) is 3.18. The highest BCUT2D eigenvalue weighted by molar-refractivity contribution is 9.10. The topological polar surface area (TPSA) is 98.1 Å². The second kappa shape index (κ2) is 7.23. The van der Waals surface area contributed by atoms with Gasteiger partial charge in [-0.25, -0.2) is 9.18 Å². The first-order valence-corrected chi connectivity index (χ1v) is 6.66. The minimum absolute atomic E-state index is 0.207. The minimum Gasteiger partial charge on any atom is -0.480 e. The standard InChI is InChI=1S/C12H14BrFN4O2/c1-12(11(19)20,16-5-2-6-17-18-15)8-3-4-10(14)9(13)7-8/h3-4,7,16H,2,5-6H2,1H3,(H,19,20). The molecule has 1 aromatic carbocycles. The maximum absolute atomic E-state index is 13.2. The van der Waals surface area contributed by atoms with Crippen LogP contribution in [0.5, 0.6) is 0 Å². The van der Waals surface area contributed by atoms with E-state index in [1.54, 1.807) is 0 Å². The number of carboxylic acid groups (broad SMARTS) is 1. The van der Waals surface area contributed by atoms with Gasteiger partial charge in [0.1, 0.15) is 11.4 Å². The van der Waals surface area contributed by atoms with Crippen LogP contribution in [0.4, 0.5) is 4.39 Å². The van der Waals surface area contributed by atoms with Gasteiger partial charge in [0.2, 0.25) is 0 Å². The maximum Gasteiger partial charge on any atom is 0.328 e. The molecule has 0 aliphatic rings. The second-order valence-electron chi connectivity index (χ2n) is 4.29. The molecule has 0 amide bonds. The number of hydrogen-bond acceptors (Lipinski definition) is 3. The Bertz CT molecular complexity index is 548. The summed E-state index contributed by atoms with van der Waals surface area (Å²) in [6.07, 6.45) is 0.509. The Kier molecular flexibility index (Phi) is 5.94. The zero-order valence-corrected chi connectivity index (χ0v) is 12.4. The molecular weight excluding hydrogens is 331 g/mol. The van der Waals surface area contributed by atoms with E-state index in [1.165, 1.54) is 25.1 Å². The van der Waals surface area contributed by atoms with E-state index in [0.29, 0.717) is 18.5 Å². The van der Waals surface area contributed by atoms with Crippen LogP contribution in [0.3, 0.4) is 0 Å². The lowest BCUT2D eigenvalue weighted by atomic mass is 9.92. The van der Waals surface area contributed by atoms with Gasteiger partial charge in [-0.3, -0.25) is 5.32 Å². The molecule has 0 aliphatic heterocycles. The average molecular weight is 345 g/mol. The fourth-order valence-corrected chi connectivity index (χ4v) is 2.02. The van der Waals surface area contributed by atoms with Gasteiger partial charge >= 0.3 is 5.97 Å². The van der Waals surface area contributed by atoms with Gasteiger partial charge in [-0.15, -0.1) is 0 Å². The van der Waals surface area contributed by atoms with Crippen molar-refractivity contribution in [3.8, 4) is 0 Å². The third kappa shape index (κ3) is 3.93. The molecule has 108 valence electrons. The lowest BCUT2D eigenvalue weighted by molar-refractivity contribution is -0.144. The molecular formula is C12H14BrFN4O2. The van der Waals surface area contributed by atoms with Crippen molar-refractivity contribution in [1.29, 1.82) is 0 Å². The van der Waals surface area contributed by atoms with Crippen molar-refractivity contribution < 1.29 is 14.3 Å². The Labute approximate surface area is 123 Å². The molecule has 0 bridgehead atoms. The number of nitrogens with one attached hydrogen (secondary N) is 1. The van der Waals surface area contributed by atoms with Crippen LogP contribution in [-0.2, 0) is 10.3 Å². The number of carbonyl (C=O) groups is 1. The lowest BCUT2D eigenvalue weighted by Gasteiger charge is -2.27. The van der Waals surface area contributed by atoms with Gasteiger partial charge in [-0.2, -0.15) is 0 Å². The van der Waals surface area contributed by atoms with E-state index < -0.39 is 17.3 Å². The van der Waals surface area contributed by atoms with Crippen molar-refractivity contribution in [2.75, 3.05) is 13.1 Å². The van der Waals surface area contributed by atoms with Crippen LogP contribution < -0.4 is 5.32 Å². The van der Waals surface area contributed by atoms with Crippen molar-refractivity contribution >= 4 is 21.9 Å². The highest BCUT2D eigenvalue weighted by Crippen LogP contribution is 2.26. The van der Waals surface area contributed by atoms with Crippen molar-refractivity contribution in [3.63, 3.8) is 0 Å². The van der Waals surface area contributed by atoms with Gasteiger partial charge in [0.25, 0.3) is 0 Å². The van der Waals surface area contributed by atoms with Crippen molar-refractivity contribution in [2.45, 2.75) is 18.9 Å². The van der Waals surface area contributed by atoms with Gasteiger partial charge in [-0.1, -0.05) is 11.2 Å². The highest BCUT2D eigenvalue weighted by atomic mass is 79.9. The van der Waals surface area contributed by atoms with Crippen molar-refractivity contribution in [2.24, 2.45) is 5.11 Å². The smallest absolute Gasteiger partial charge is 0.328 e. The number of rotatable bonds is 7. The molecule has 1 rings (SSSR count). The monoisotopic (exact) mass is 344 g/mol. The maximum atomic E-state index is 13.2. The summed E-state index contributed by atoms with van der Waals surface area (Å²) in [6, 6.07) is 4.07. The Morgan fingerprint density at radius 1 is 1.65 bits per heavy atom. The van der Waals surface area contributed by atoms with Gasteiger partial charge in [0, 0.05) is 11.5 Å². The number of carboxylic acids is 1. The average Bonchev–Trinajstić information content (AvgIpc) is 2.41. The van der Waals surface area contributed by atoms with E-state index in [4.69, 9.17) is 5.53 Å². The quantitative estimate of drug-likeness (QED) is 0.344. The number of benzene rings is 1. The lowest BCUT2D eigenvalue weighted by Crippen LogP contribution is -2.47. The number of aliphatic carboxylic acids is 1. The van der Waals surface area contributed by atoms with Gasteiger partial charge < -0.3 is 5.11 Å². The van der Waals surface area contributed by atoms with Gasteiger partial charge in [0.15, 0.2) is 0 Å². The predicted molar refractivity (Wildman–Crippen MR) is 75.7 cm³/mol. The van der Waals surface area contributed by atoms with E-state index in [9.17, 15) is 14.3 Å². The molecule has 0 saturated heterocycles. The zero-order valence-electron chi connectivity index (χ0n) is 10.8. The van der Waals surface area contributed by atoms with Crippen LogP contribution >= 0.6 is 15.9 Å². The molecule has 0 saturated carbocycles. The Hall–Kier alpha value is -1.63. The molecule has 8 heteroatoms. The zero-order chi connectivity index (χ0) is 15.2. The summed E-state index contributed by atoms with van der Waals surface area (Å²) in [5, 5.41) is 15.7. The number of nitrogens with zero attached hydrogens (tertiary/aromatic N) is 3. The summed E-state index contributed by atoms with van der Waals surface area (Å²) in [5.41, 5.74) is 7.24. The van der Waals surface area contributed by atoms with Crippen LogP contribution in [0.1, 0.15) is 18.9 Å². The third-order valence-corrected chi connectivity index (χ3v) is 3.51. The normalized spacial score (nSPS) is 13.3. The largest absolute Gasteiger partial charge is 0.480 e. The van der Waals surface area contributed by atoms with Gasteiger partial charge in [0.05, 0.1) is 4.47 Å². The summed E-state index contributed by atoms with van der Waals surface area (Å²) < 4.78 is 13.4. The molecule has 0 heterocycles. The Morgan fingerprint density at radius 2 is 2.35 bits per heavy atom. The first-order chi connectivity index (χ1) is 9.41. The summed E-state index contributed by atoms with van der Waals surface area (Å²) >= 11 is 3.04. The fourth-order valence-electron chi connectivity index (χ4n) is 1.64. The van der Waals surface area contributed by atoms with Gasteiger partial charge in [-0.05, 0) is 59.0 Å². The van der Waals surface area contributed by atoms with Crippen molar-refractivity contribution in [1.82, 2.24) is 5.32 Å². The van der Waals surface area contributed by atoms with E-state index in [0.717, 1.165) is 0 Å². The molecule has 6 nitrogen and oxygen atoms in total. The summed E-state index contributed by atoms with van der Waals surface area (Å²) in [6.45, 7) is 2.14. The molecule has 2 N–H and O–H groups in total. The molecule has 1 unspecified atom stereocenters. The summed E-state index contributed by atoms with van der Waals surface area (Å²) in [4.78, 5) is 14.1. The molecule has 0 fully saturated rings. The van der Waals surface area contributed by atoms with Crippen LogP contribution in [0.25, 0.3) is 10.4 Å². The highest BCUT2D eigenvalue weighted by Gasteiger charge is 2.34. The minimum atomic E-state index is -1.34. The van der Waals surface area contributed by atoms with E-state index in [-0.39, 0.29) is 11.0 Å². The number of azide groups is 1. The molecule has 1 atom stereocenters. The SMILES string of the molecule is CC(NCCCN=[N+]=[N-])(C(=O)O)c1ccc(F)c(Br)c1. The Morgan fingerprint density at radius 3 is 2.90 bits per heavy atom. The number of hydrogen-bond donors (Lipinski definition) is 2. The van der Waals surface area contributed by atoms with Crippen LogP contribution in [0, 0.1) is 5.82 Å². The van der Waals surface area contributed by atoms with Crippen LogP contribution in [0.2, 0.25) is 0 Å². The second-order valence-corrected chi connectivity index (χ2v) is 5.15. The molecule has 0 radical (unpaired) electrons. The molecule has 20 heavy (non-hydrogen) atoms. The molecule has 0 aromatic heterocycles. The Balaban J connectivity index is 2.87. The van der Waals surface area contributed by atoms with Crippen LogP contribution in [-0.4, -0.2) is 24.2 Å². The first-order valence-electron chi connectivity index (χ1n) is 5.86. The third-order valence-electron chi connectivity index (χ3n) is 2.90. The van der Waals surface area contributed by atoms with E-state index in [2.05, 4.69) is 31.3 Å². The first kappa shape index (κ1) is 16.4. The number of halogens is 2. The molecule has 0 spiro atoms. The van der Waals surface area contributed by atoms with E-state index >= 15 is 0 Å². The fraction of sp³-hybridized carbons (Fsp3) is 0.417. The van der Waals surface area contributed by atoms with Crippen molar-refractivity contribution in [3.05, 3.63) is 44.5 Å². The summed E-state index contributed by atoms with van der Waals surface area (Å²) in [7, 11) is 0. The summed E-state index contributed by atoms with van der Waals surface area (Å²) in [5.74, 6) is -1.52. The molecule has 1 aromatic rings. The van der Waals surface area contributed by atoms with Crippen LogP contribution in [0.15, 0.2) is 27.8 Å². The van der Waals surface area contributed by atoms with E-state index in [1.807, 2.05) is 0 Å².